The lowest BCUT2D eigenvalue weighted by molar-refractivity contribution is 0.419. The molecule has 3 nitrogen and oxygen atoms in total. The lowest BCUT2D eigenvalue weighted by Crippen LogP contribution is -2.46. The maximum Gasteiger partial charge on any atom is 0.191 e. The van der Waals surface area contributed by atoms with Crippen molar-refractivity contribution in [3.05, 3.63) is 0 Å². The van der Waals surface area contributed by atoms with Crippen LogP contribution < -0.4 is 10.6 Å². The summed E-state index contributed by atoms with van der Waals surface area (Å²) in [6.07, 6.45) is 8.65. The first kappa shape index (κ1) is 17.0. The van der Waals surface area contributed by atoms with Crippen LogP contribution in [0.25, 0.3) is 0 Å². The number of nitrogens with zero attached hydrogens (tertiary/aromatic N) is 1. The highest BCUT2D eigenvalue weighted by molar-refractivity contribution is 7.99. The molecule has 112 valence electrons. The number of guanidine groups is 1. The van der Waals surface area contributed by atoms with Crippen LogP contribution in [0.2, 0.25) is 0 Å². The molecule has 1 aliphatic carbocycles. The monoisotopic (exact) mass is 303 g/mol. The first-order valence-electron chi connectivity index (χ1n) is 7.37. The fourth-order valence-electron chi connectivity index (χ4n) is 2.47. The van der Waals surface area contributed by atoms with Crippen LogP contribution in [0, 0.1) is 0 Å². The molecular weight excluding hydrogens is 274 g/mol. The third-order valence-electron chi connectivity index (χ3n) is 3.41. The summed E-state index contributed by atoms with van der Waals surface area (Å²) >= 11 is 4.01. The van der Waals surface area contributed by atoms with Crippen LogP contribution in [-0.2, 0) is 0 Å². The van der Waals surface area contributed by atoms with E-state index < -0.39 is 0 Å². The lowest BCUT2D eigenvalue weighted by Gasteiger charge is -2.30. The van der Waals surface area contributed by atoms with Gasteiger partial charge in [-0.2, -0.15) is 23.5 Å². The molecule has 1 saturated carbocycles. The molecule has 0 bridgehead atoms. The molecule has 0 aromatic rings. The van der Waals surface area contributed by atoms with E-state index in [-0.39, 0.29) is 0 Å². The Morgan fingerprint density at radius 1 is 1.37 bits per heavy atom. The first-order valence-corrected chi connectivity index (χ1v) is 9.82. The van der Waals surface area contributed by atoms with Gasteiger partial charge in [0, 0.05) is 24.9 Å². The van der Waals surface area contributed by atoms with Crippen molar-refractivity contribution in [2.75, 3.05) is 31.4 Å². The molecule has 0 saturated heterocycles. The van der Waals surface area contributed by atoms with Gasteiger partial charge in [0.15, 0.2) is 5.96 Å². The van der Waals surface area contributed by atoms with Crippen molar-refractivity contribution in [3.63, 3.8) is 0 Å². The van der Waals surface area contributed by atoms with Gasteiger partial charge in [-0.3, -0.25) is 4.99 Å². The number of hydrogen-bond donors (Lipinski definition) is 2. The Morgan fingerprint density at radius 3 is 2.89 bits per heavy atom. The average molecular weight is 304 g/mol. The molecule has 0 spiro atoms. The Kier molecular flexibility index (Phi) is 9.61. The molecule has 19 heavy (non-hydrogen) atoms. The van der Waals surface area contributed by atoms with Gasteiger partial charge in [-0.15, -0.1) is 0 Å². The van der Waals surface area contributed by atoms with Crippen LogP contribution in [0.4, 0.5) is 0 Å². The molecule has 5 heteroatoms. The van der Waals surface area contributed by atoms with Crippen LogP contribution in [0.5, 0.6) is 0 Å². The van der Waals surface area contributed by atoms with E-state index in [9.17, 15) is 0 Å². The van der Waals surface area contributed by atoms with Gasteiger partial charge >= 0.3 is 0 Å². The standard InChI is InChI=1S/C14H29N3S2/c1-4-19-13-8-5-7-12(11-13)17-14(15-2)16-9-6-10-18-3/h12-13H,4-11H2,1-3H3,(H2,15,16,17). The van der Waals surface area contributed by atoms with E-state index in [1.807, 2.05) is 18.8 Å². The third-order valence-corrected chi connectivity index (χ3v) is 5.34. The van der Waals surface area contributed by atoms with Crippen LogP contribution >= 0.6 is 23.5 Å². The third kappa shape index (κ3) is 7.35. The van der Waals surface area contributed by atoms with Crippen molar-refractivity contribution >= 4 is 29.5 Å². The summed E-state index contributed by atoms with van der Waals surface area (Å²) in [5.41, 5.74) is 0. The zero-order valence-electron chi connectivity index (χ0n) is 12.6. The second-order valence-electron chi connectivity index (χ2n) is 4.93. The molecule has 0 aromatic carbocycles. The normalized spacial score (nSPS) is 24.3. The molecule has 0 aromatic heterocycles. The fraction of sp³-hybridized carbons (Fsp3) is 0.929. The van der Waals surface area contributed by atoms with E-state index in [0.29, 0.717) is 6.04 Å². The second-order valence-corrected chi connectivity index (χ2v) is 7.49. The summed E-state index contributed by atoms with van der Waals surface area (Å²) in [6.45, 7) is 3.27. The van der Waals surface area contributed by atoms with Crippen LogP contribution in [0.15, 0.2) is 4.99 Å². The Morgan fingerprint density at radius 2 is 2.21 bits per heavy atom. The Balaban J connectivity index is 2.26. The van der Waals surface area contributed by atoms with Crippen molar-refractivity contribution in [2.45, 2.75) is 50.3 Å². The molecule has 0 heterocycles. The predicted molar refractivity (Wildman–Crippen MR) is 91.7 cm³/mol. The van der Waals surface area contributed by atoms with Gasteiger partial charge in [0.2, 0.25) is 0 Å². The smallest absolute Gasteiger partial charge is 0.191 e. The number of aliphatic imine (C=N–C) groups is 1. The number of rotatable bonds is 7. The summed E-state index contributed by atoms with van der Waals surface area (Å²) < 4.78 is 0. The molecule has 1 fully saturated rings. The van der Waals surface area contributed by atoms with Gasteiger partial charge in [-0.25, -0.2) is 0 Å². The van der Waals surface area contributed by atoms with Crippen LogP contribution in [-0.4, -0.2) is 48.6 Å². The van der Waals surface area contributed by atoms with Crippen molar-refractivity contribution in [1.29, 1.82) is 0 Å². The number of hydrogen-bond acceptors (Lipinski definition) is 3. The van der Waals surface area contributed by atoms with E-state index in [1.54, 1.807) is 0 Å². The Bertz CT molecular complexity index is 257. The molecule has 2 N–H and O–H groups in total. The number of nitrogens with one attached hydrogen (secondary N) is 2. The maximum atomic E-state index is 4.33. The van der Waals surface area contributed by atoms with Gasteiger partial charge in [0.05, 0.1) is 0 Å². The summed E-state index contributed by atoms with van der Waals surface area (Å²) in [5, 5.41) is 7.85. The second kappa shape index (κ2) is 10.7. The zero-order chi connectivity index (χ0) is 13.9. The van der Waals surface area contributed by atoms with Gasteiger partial charge in [0.25, 0.3) is 0 Å². The molecule has 2 unspecified atom stereocenters. The number of thioether (sulfide) groups is 2. The Hall–Kier alpha value is -0.0300. The highest BCUT2D eigenvalue weighted by Crippen LogP contribution is 2.28. The minimum Gasteiger partial charge on any atom is -0.356 e. The Labute approximate surface area is 127 Å². The molecular formula is C14H29N3S2. The quantitative estimate of drug-likeness (QED) is 0.431. The summed E-state index contributed by atoms with van der Waals surface area (Å²) in [5.74, 6) is 3.43. The van der Waals surface area contributed by atoms with Crippen LogP contribution in [0.1, 0.15) is 39.0 Å². The highest BCUT2D eigenvalue weighted by atomic mass is 32.2. The van der Waals surface area contributed by atoms with E-state index in [2.05, 4.69) is 40.6 Å². The van der Waals surface area contributed by atoms with Gasteiger partial charge in [-0.1, -0.05) is 13.3 Å². The molecule has 1 rings (SSSR count). The van der Waals surface area contributed by atoms with Crippen LogP contribution in [0.3, 0.4) is 0 Å². The summed E-state index contributed by atoms with van der Waals surface area (Å²) in [6, 6.07) is 0.601. The largest absolute Gasteiger partial charge is 0.356 e. The van der Waals surface area contributed by atoms with Crippen molar-refractivity contribution < 1.29 is 0 Å². The lowest BCUT2D eigenvalue weighted by atomic mass is 9.95. The van der Waals surface area contributed by atoms with Crippen molar-refractivity contribution in [3.8, 4) is 0 Å². The van der Waals surface area contributed by atoms with Gasteiger partial charge in [0.1, 0.15) is 0 Å². The van der Waals surface area contributed by atoms with Crippen molar-refractivity contribution in [1.82, 2.24) is 10.6 Å². The molecule has 2 atom stereocenters. The van der Waals surface area contributed by atoms with E-state index >= 15 is 0 Å². The van der Waals surface area contributed by atoms with Gasteiger partial charge in [-0.05, 0) is 43.4 Å². The molecule has 0 radical (unpaired) electrons. The minimum absolute atomic E-state index is 0.601. The van der Waals surface area contributed by atoms with E-state index in [4.69, 9.17) is 0 Å². The average Bonchev–Trinajstić information content (AvgIpc) is 2.43. The first-order chi connectivity index (χ1) is 9.30. The predicted octanol–water partition coefficient (Wildman–Crippen LogP) is 2.97. The molecule has 1 aliphatic rings. The van der Waals surface area contributed by atoms with E-state index in [0.717, 1.165) is 17.8 Å². The van der Waals surface area contributed by atoms with E-state index in [1.165, 1.54) is 43.6 Å². The minimum atomic E-state index is 0.601. The summed E-state index contributed by atoms with van der Waals surface area (Å²) in [4.78, 5) is 4.33. The fourth-order valence-corrected chi connectivity index (χ4v) is 4.08. The SMILES string of the molecule is CCSC1CCCC(NC(=NC)NCCCSC)C1. The topological polar surface area (TPSA) is 36.4 Å². The molecule has 0 aliphatic heterocycles. The molecule has 0 amide bonds. The van der Waals surface area contributed by atoms with Crippen molar-refractivity contribution in [2.24, 2.45) is 4.99 Å². The zero-order valence-corrected chi connectivity index (χ0v) is 14.2. The highest BCUT2D eigenvalue weighted by Gasteiger charge is 2.22. The van der Waals surface area contributed by atoms with Gasteiger partial charge < -0.3 is 10.6 Å². The maximum absolute atomic E-state index is 4.33. The summed E-state index contributed by atoms with van der Waals surface area (Å²) in [7, 11) is 1.87.